The number of hydrogen-bond acceptors (Lipinski definition) is 1. The second kappa shape index (κ2) is 5.52. The number of rotatable bonds is 3. The molecule has 1 nitrogen and oxygen atoms in total. The van der Waals surface area contributed by atoms with E-state index in [1.807, 2.05) is 6.07 Å². The maximum atomic E-state index is 6.39. The lowest BCUT2D eigenvalue weighted by atomic mass is 10.0. The lowest BCUT2D eigenvalue weighted by molar-refractivity contribution is 0.916. The van der Waals surface area contributed by atoms with Gasteiger partial charge in [0.1, 0.15) is 0 Å². The quantitative estimate of drug-likeness (QED) is 0.742. The monoisotopic (exact) mass is 265 g/mol. The van der Waals surface area contributed by atoms with Gasteiger partial charge in [-0.1, -0.05) is 41.4 Å². The number of hydrogen-bond donors (Lipinski definition) is 0. The Morgan fingerprint density at radius 1 is 1.18 bits per heavy atom. The van der Waals surface area contributed by atoms with Crippen LogP contribution in [-0.4, -0.2) is 4.98 Å². The average Bonchev–Trinajstić information content (AvgIpc) is 2.33. The fourth-order valence-electron chi connectivity index (χ4n) is 1.66. The lowest BCUT2D eigenvalue weighted by Crippen LogP contribution is -1.97. The SMILES string of the molecule is Cc1ccc(C(Cl)Cc2ccncc2Cl)cc1. The van der Waals surface area contributed by atoms with E-state index in [0.29, 0.717) is 11.4 Å². The Hall–Kier alpha value is -1.05. The van der Waals surface area contributed by atoms with Gasteiger partial charge < -0.3 is 0 Å². The highest BCUT2D eigenvalue weighted by Crippen LogP contribution is 2.27. The number of aryl methyl sites for hydroxylation is 1. The number of aromatic nitrogens is 1. The summed E-state index contributed by atoms with van der Waals surface area (Å²) in [5.74, 6) is 0. The van der Waals surface area contributed by atoms with Crippen LogP contribution in [0.2, 0.25) is 5.02 Å². The highest BCUT2D eigenvalue weighted by molar-refractivity contribution is 6.31. The van der Waals surface area contributed by atoms with Crippen molar-refractivity contribution in [2.45, 2.75) is 18.7 Å². The highest BCUT2D eigenvalue weighted by atomic mass is 35.5. The van der Waals surface area contributed by atoms with Crippen molar-refractivity contribution in [3.05, 3.63) is 64.4 Å². The summed E-state index contributed by atoms with van der Waals surface area (Å²) in [4.78, 5) is 3.96. The summed E-state index contributed by atoms with van der Waals surface area (Å²) >= 11 is 12.4. The Labute approximate surface area is 111 Å². The number of halogens is 2. The van der Waals surface area contributed by atoms with Crippen molar-refractivity contribution in [3.8, 4) is 0 Å². The molecule has 1 heterocycles. The van der Waals surface area contributed by atoms with Crippen LogP contribution in [0.25, 0.3) is 0 Å². The molecule has 88 valence electrons. The minimum Gasteiger partial charge on any atom is -0.263 e. The van der Waals surface area contributed by atoms with Gasteiger partial charge in [-0.05, 0) is 30.5 Å². The number of nitrogens with zero attached hydrogens (tertiary/aromatic N) is 1. The molecule has 0 saturated heterocycles. The zero-order chi connectivity index (χ0) is 12.3. The predicted octanol–water partition coefficient (Wildman–Crippen LogP) is 4.57. The molecule has 0 saturated carbocycles. The number of benzene rings is 1. The number of pyridine rings is 1. The molecule has 1 unspecified atom stereocenters. The lowest BCUT2D eigenvalue weighted by Gasteiger charge is -2.11. The molecule has 0 bridgehead atoms. The third-order valence-electron chi connectivity index (χ3n) is 2.69. The van der Waals surface area contributed by atoms with E-state index >= 15 is 0 Å². The van der Waals surface area contributed by atoms with Crippen LogP contribution in [0.15, 0.2) is 42.7 Å². The maximum Gasteiger partial charge on any atom is 0.0626 e. The second-order valence-corrected chi connectivity index (χ2v) is 4.98. The van der Waals surface area contributed by atoms with E-state index < -0.39 is 0 Å². The van der Waals surface area contributed by atoms with Gasteiger partial charge in [0.05, 0.1) is 10.4 Å². The molecule has 0 spiro atoms. The summed E-state index contributed by atoms with van der Waals surface area (Å²) in [6.07, 6.45) is 4.10. The van der Waals surface area contributed by atoms with E-state index in [1.54, 1.807) is 12.4 Å². The molecule has 1 aromatic heterocycles. The van der Waals surface area contributed by atoms with Crippen molar-refractivity contribution in [1.29, 1.82) is 0 Å². The minimum atomic E-state index is -0.0597. The van der Waals surface area contributed by atoms with Crippen LogP contribution in [0, 0.1) is 6.92 Å². The Bertz CT molecular complexity index is 494. The van der Waals surface area contributed by atoms with E-state index in [4.69, 9.17) is 23.2 Å². The fraction of sp³-hybridized carbons (Fsp3) is 0.214. The first-order chi connectivity index (χ1) is 8.16. The van der Waals surface area contributed by atoms with E-state index in [-0.39, 0.29) is 5.38 Å². The fourth-order valence-corrected chi connectivity index (χ4v) is 2.16. The van der Waals surface area contributed by atoms with Gasteiger partial charge >= 0.3 is 0 Å². The zero-order valence-electron chi connectivity index (χ0n) is 9.53. The maximum absolute atomic E-state index is 6.39. The number of alkyl halides is 1. The van der Waals surface area contributed by atoms with Gasteiger partial charge in [-0.2, -0.15) is 0 Å². The van der Waals surface area contributed by atoms with Crippen molar-refractivity contribution in [1.82, 2.24) is 4.98 Å². The first kappa shape index (κ1) is 12.4. The highest BCUT2D eigenvalue weighted by Gasteiger charge is 2.10. The molecule has 0 aliphatic carbocycles. The molecule has 0 aliphatic rings. The van der Waals surface area contributed by atoms with E-state index in [9.17, 15) is 0 Å². The van der Waals surface area contributed by atoms with Crippen molar-refractivity contribution in [2.24, 2.45) is 0 Å². The van der Waals surface area contributed by atoms with Gasteiger partial charge in [0.2, 0.25) is 0 Å². The molecule has 0 radical (unpaired) electrons. The molecule has 0 fully saturated rings. The Morgan fingerprint density at radius 2 is 1.88 bits per heavy atom. The third kappa shape index (κ3) is 3.21. The van der Waals surface area contributed by atoms with Gasteiger partial charge in [-0.25, -0.2) is 0 Å². The molecular weight excluding hydrogens is 253 g/mol. The van der Waals surface area contributed by atoms with E-state index in [0.717, 1.165) is 11.1 Å². The predicted molar refractivity (Wildman–Crippen MR) is 72.7 cm³/mol. The molecule has 2 aromatic rings. The Balaban J connectivity index is 2.14. The summed E-state index contributed by atoms with van der Waals surface area (Å²) in [5.41, 5.74) is 3.38. The van der Waals surface area contributed by atoms with Crippen LogP contribution >= 0.6 is 23.2 Å². The van der Waals surface area contributed by atoms with Crippen LogP contribution < -0.4 is 0 Å². The van der Waals surface area contributed by atoms with Crippen LogP contribution in [0.5, 0.6) is 0 Å². The van der Waals surface area contributed by atoms with Crippen molar-refractivity contribution < 1.29 is 0 Å². The second-order valence-electron chi connectivity index (χ2n) is 4.05. The third-order valence-corrected chi connectivity index (χ3v) is 3.44. The molecule has 2 rings (SSSR count). The zero-order valence-corrected chi connectivity index (χ0v) is 11.0. The summed E-state index contributed by atoms with van der Waals surface area (Å²) in [6, 6.07) is 10.2. The summed E-state index contributed by atoms with van der Waals surface area (Å²) < 4.78 is 0. The van der Waals surface area contributed by atoms with Gasteiger partial charge in [0.25, 0.3) is 0 Å². The molecule has 0 amide bonds. The molecule has 17 heavy (non-hydrogen) atoms. The Morgan fingerprint density at radius 3 is 2.53 bits per heavy atom. The molecule has 1 atom stereocenters. The summed E-state index contributed by atoms with van der Waals surface area (Å²) in [6.45, 7) is 2.06. The normalized spacial score (nSPS) is 12.4. The van der Waals surface area contributed by atoms with Crippen molar-refractivity contribution in [3.63, 3.8) is 0 Å². The minimum absolute atomic E-state index is 0.0597. The molecule has 0 aliphatic heterocycles. The standard InChI is InChI=1S/C14H13Cl2N/c1-10-2-4-11(5-3-10)13(15)8-12-6-7-17-9-14(12)16/h2-7,9,13H,8H2,1H3. The van der Waals surface area contributed by atoms with Crippen molar-refractivity contribution >= 4 is 23.2 Å². The van der Waals surface area contributed by atoms with Crippen LogP contribution in [0.3, 0.4) is 0 Å². The first-order valence-corrected chi connectivity index (χ1v) is 6.27. The van der Waals surface area contributed by atoms with Gasteiger partial charge in [0, 0.05) is 12.4 Å². The first-order valence-electron chi connectivity index (χ1n) is 5.46. The molecule has 0 N–H and O–H groups in total. The van der Waals surface area contributed by atoms with Crippen LogP contribution in [-0.2, 0) is 6.42 Å². The van der Waals surface area contributed by atoms with Gasteiger partial charge in [0.15, 0.2) is 0 Å². The van der Waals surface area contributed by atoms with E-state index in [1.165, 1.54) is 5.56 Å². The van der Waals surface area contributed by atoms with Crippen LogP contribution in [0.4, 0.5) is 0 Å². The van der Waals surface area contributed by atoms with Crippen molar-refractivity contribution in [2.75, 3.05) is 0 Å². The van der Waals surface area contributed by atoms with Gasteiger partial charge in [-0.3, -0.25) is 4.98 Å². The molecule has 3 heteroatoms. The topological polar surface area (TPSA) is 12.9 Å². The summed E-state index contributed by atoms with van der Waals surface area (Å²) in [7, 11) is 0. The van der Waals surface area contributed by atoms with Crippen LogP contribution in [0.1, 0.15) is 22.1 Å². The molecular formula is C14H13Cl2N. The van der Waals surface area contributed by atoms with E-state index in [2.05, 4.69) is 36.2 Å². The largest absolute Gasteiger partial charge is 0.263 e. The Kier molecular flexibility index (Phi) is 4.03. The average molecular weight is 266 g/mol. The van der Waals surface area contributed by atoms with Gasteiger partial charge in [-0.15, -0.1) is 11.6 Å². The summed E-state index contributed by atoms with van der Waals surface area (Å²) in [5, 5.41) is 0.612. The smallest absolute Gasteiger partial charge is 0.0626 e. The molecule has 1 aromatic carbocycles.